The number of nitrogens with zero attached hydrogens (tertiary/aromatic N) is 3. The summed E-state index contributed by atoms with van der Waals surface area (Å²) in [6.45, 7) is 26.1. The second-order valence-corrected chi connectivity index (χ2v) is 20.3. The Morgan fingerprint density at radius 2 is 0.409 bits per heavy atom. The number of azide groups is 1. The van der Waals surface area contributed by atoms with Crippen LogP contribution in [0.15, 0.2) is 5.11 Å². The molecule has 0 radical (unpaired) electrons. The zero-order valence-electron chi connectivity index (χ0n) is 57.4. The van der Waals surface area contributed by atoms with E-state index < -0.39 is 0 Å². The van der Waals surface area contributed by atoms with E-state index in [-0.39, 0.29) is 5.91 Å². The third kappa shape index (κ3) is 87.8. The molecule has 0 aliphatic rings. The highest BCUT2D eigenvalue weighted by atomic mass is 16.6. The number of ether oxygens (including phenoxy) is 24. The zero-order valence-corrected chi connectivity index (χ0v) is 57.4. The smallest absolute Gasteiger partial charge is 0.220 e. The third-order valence-corrected chi connectivity index (χ3v) is 12.5. The molecule has 0 unspecified atom stereocenters. The lowest BCUT2D eigenvalue weighted by molar-refractivity contribution is -0.121. The summed E-state index contributed by atoms with van der Waals surface area (Å²) in [5, 5.41) is 6.32. The zero-order chi connectivity index (χ0) is 66.5. The normalized spacial score (nSPS) is 11.6. The van der Waals surface area contributed by atoms with E-state index in [1.54, 1.807) is 0 Å². The largest absolute Gasteiger partial charge is 0.379 e. The first kappa shape index (κ1) is 90.8. The molecule has 0 saturated carbocycles. The highest BCUT2D eigenvalue weighted by Crippen LogP contribution is 2.12. The lowest BCUT2D eigenvalue weighted by Gasteiger charge is -2.09. The summed E-state index contributed by atoms with van der Waals surface area (Å²) in [6.07, 6.45) is 14.7. The first-order valence-electron chi connectivity index (χ1n) is 34.4. The van der Waals surface area contributed by atoms with Crippen LogP contribution in [0.1, 0.15) is 84.0 Å². The van der Waals surface area contributed by atoms with E-state index in [0.717, 1.165) is 12.8 Å². The van der Waals surface area contributed by atoms with Gasteiger partial charge in [-0.2, -0.15) is 0 Å². The molecule has 0 atom stereocenters. The molecule has 554 valence electrons. The van der Waals surface area contributed by atoms with Crippen LogP contribution < -0.4 is 5.32 Å². The number of carbonyl (C=O) groups is 1. The van der Waals surface area contributed by atoms with Crippen LogP contribution in [0.5, 0.6) is 0 Å². The fourth-order valence-electron chi connectivity index (χ4n) is 7.61. The molecule has 29 nitrogen and oxygen atoms in total. The number of rotatable bonds is 87. The Labute approximate surface area is 557 Å². The van der Waals surface area contributed by atoms with Crippen molar-refractivity contribution in [3.8, 4) is 0 Å². The van der Waals surface area contributed by atoms with Crippen LogP contribution in [-0.2, 0) is 118 Å². The highest BCUT2D eigenvalue weighted by molar-refractivity contribution is 5.75. The molecule has 29 heteroatoms. The summed E-state index contributed by atoms with van der Waals surface area (Å²) in [6, 6.07) is 0. The van der Waals surface area contributed by atoms with Crippen LogP contribution in [0.4, 0.5) is 0 Å². The Kier molecular flexibility index (Phi) is 85.8. The Balaban J connectivity index is 3.11. The lowest BCUT2D eigenvalue weighted by Crippen LogP contribution is -2.27. The molecule has 0 aliphatic heterocycles. The van der Waals surface area contributed by atoms with E-state index >= 15 is 0 Å². The predicted molar refractivity (Wildman–Crippen MR) is 348 cm³/mol. The Morgan fingerprint density at radius 1 is 0.247 bits per heavy atom. The fourth-order valence-corrected chi connectivity index (χ4v) is 7.61. The van der Waals surface area contributed by atoms with Crippen LogP contribution in [0, 0.1) is 0 Å². The number of nitrogens with one attached hydrogen (secondary N) is 1. The second-order valence-electron chi connectivity index (χ2n) is 20.3. The molecule has 0 fully saturated rings. The summed E-state index contributed by atoms with van der Waals surface area (Å²) in [7, 11) is 0. The maximum Gasteiger partial charge on any atom is 0.220 e. The van der Waals surface area contributed by atoms with Crippen molar-refractivity contribution in [1.29, 1.82) is 0 Å². The fraction of sp³-hybridized carbons (Fsp3) is 0.984. The van der Waals surface area contributed by atoms with E-state index in [1.165, 1.54) is 57.8 Å². The monoisotopic (exact) mass is 1350 g/mol. The third-order valence-electron chi connectivity index (χ3n) is 12.5. The van der Waals surface area contributed by atoms with E-state index in [0.29, 0.717) is 337 Å². The van der Waals surface area contributed by atoms with Gasteiger partial charge < -0.3 is 119 Å². The van der Waals surface area contributed by atoms with E-state index in [4.69, 9.17) is 119 Å². The van der Waals surface area contributed by atoms with Crippen molar-refractivity contribution in [2.45, 2.75) is 84.0 Å². The van der Waals surface area contributed by atoms with E-state index in [2.05, 4.69) is 22.3 Å². The van der Waals surface area contributed by atoms with Crippen LogP contribution in [0.3, 0.4) is 0 Å². The predicted octanol–water partition coefficient (Wildman–Crippen LogP) is 5.51. The Morgan fingerprint density at radius 3 is 0.591 bits per heavy atom. The minimum absolute atomic E-state index is 0.109. The second kappa shape index (κ2) is 87.8. The van der Waals surface area contributed by atoms with Crippen molar-refractivity contribution in [2.75, 3.05) is 330 Å². The van der Waals surface area contributed by atoms with Crippen molar-refractivity contribution in [3.63, 3.8) is 0 Å². The van der Waals surface area contributed by atoms with Crippen LogP contribution in [0.2, 0.25) is 0 Å². The number of hydrogen-bond donors (Lipinski definition) is 1. The van der Waals surface area contributed by atoms with Gasteiger partial charge in [-0.1, -0.05) is 76.2 Å². The van der Waals surface area contributed by atoms with Gasteiger partial charge in [-0.15, -0.1) is 0 Å². The Bertz CT molecular complexity index is 1430. The standard InChI is InChI=1S/C64H128N4O25/c1-2-3-4-5-6-7-8-9-10-11-12-13-64(69)66-14-16-70-18-20-72-22-24-74-26-28-76-30-32-78-34-36-80-38-40-82-42-44-84-46-48-86-50-52-88-54-56-90-58-60-92-62-63-93-61-59-91-57-55-89-53-51-87-49-47-85-45-43-83-41-39-81-37-35-79-33-31-77-29-27-75-25-23-73-21-19-71-17-15-67-68-65/h2-63H2,1H3,(H,66,69). The van der Waals surface area contributed by atoms with Crippen molar-refractivity contribution < 1.29 is 118 Å². The first-order valence-corrected chi connectivity index (χ1v) is 34.4. The molecule has 1 N–H and O–H groups in total. The van der Waals surface area contributed by atoms with E-state index in [9.17, 15) is 4.79 Å². The van der Waals surface area contributed by atoms with Gasteiger partial charge in [0, 0.05) is 24.4 Å². The summed E-state index contributed by atoms with van der Waals surface area (Å²) in [5.41, 5.74) is 8.18. The molecular weight excluding hydrogens is 1220 g/mol. The minimum atomic E-state index is 0.109. The first-order chi connectivity index (χ1) is 46.3. The number of carbonyl (C=O) groups excluding carboxylic acids is 1. The molecule has 0 spiro atoms. The molecule has 0 aromatic rings. The van der Waals surface area contributed by atoms with Gasteiger partial charge in [-0.25, -0.2) is 0 Å². The molecule has 1 amide bonds. The molecule has 0 rings (SSSR count). The minimum Gasteiger partial charge on any atom is -0.379 e. The van der Waals surface area contributed by atoms with Gasteiger partial charge in [-0.05, 0) is 12.0 Å². The summed E-state index contributed by atoms with van der Waals surface area (Å²) in [4.78, 5) is 14.7. The van der Waals surface area contributed by atoms with Gasteiger partial charge >= 0.3 is 0 Å². The van der Waals surface area contributed by atoms with E-state index in [1.807, 2.05) is 0 Å². The molecule has 0 saturated heterocycles. The van der Waals surface area contributed by atoms with Crippen molar-refractivity contribution in [1.82, 2.24) is 5.32 Å². The summed E-state index contributed by atoms with van der Waals surface area (Å²) >= 11 is 0. The summed E-state index contributed by atoms with van der Waals surface area (Å²) < 4.78 is 132. The van der Waals surface area contributed by atoms with Gasteiger partial charge in [0.15, 0.2) is 0 Å². The average Bonchev–Trinajstić information content (AvgIpc) is 3.58. The van der Waals surface area contributed by atoms with Crippen molar-refractivity contribution >= 4 is 5.91 Å². The van der Waals surface area contributed by atoms with Crippen molar-refractivity contribution in [3.05, 3.63) is 10.4 Å². The van der Waals surface area contributed by atoms with Gasteiger partial charge in [0.2, 0.25) is 5.91 Å². The molecule has 0 aromatic carbocycles. The maximum atomic E-state index is 12.0. The lowest BCUT2D eigenvalue weighted by atomic mass is 10.1. The van der Waals surface area contributed by atoms with Crippen molar-refractivity contribution in [2.24, 2.45) is 5.11 Å². The van der Waals surface area contributed by atoms with Gasteiger partial charge in [0.1, 0.15) is 0 Å². The SMILES string of the molecule is CCCCCCCCCCCCCC(=O)NCCOCCOCCOCCOCCOCCOCCOCCOCCOCCOCCOCCOCCOCCOCCOCCOCCOCCOCCOCCOCCOCCOCCOCCOCCN=[N+]=[N-]. The molecule has 0 heterocycles. The molecular formula is C64H128N4O25. The topological polar surface area (TPSA) is 299 Å². The maximum absolute atomic E-state index is 12.0. The van der Waals surface area contributed by atoms with Gasteiger partial charge in [0.05, 0.1) is 317 Å². The number of hydrogen-bond acceptors (Lipinski definition) is 26. The Hall–Kier alpha value is -2.18. The molecule has 0 aliphatic carbocycles. The number of unbranched alkanes of at least 4 members (excludes halogenated alkanes) is 10. The highest BCUT2D eigenvalue weighted by Gasteiger charge is 2.04. The van der Waals surface area contributed by atoms with Gasteiger partial charge in [0.25, 0.3) is 0 Å². The molecule has 93 heavy (non-hydrogen) atoms. The van der Waals surface area contributed by atoms with Gasteiger partial charge in [-0.3, -0.25) is 4.79 Å². The van der Waals surface area contributed by atoms with Crippen LogP contribution >= 0.6 is 0 Å². The molecule has 0 aromatic heterocycles. The average molecular weight is 1350 g/mol. The van der Waals surface area contributed by atoms with Crippen LogP contribution in [0.25, 0.3) is 10.4 Å². The molecule has 0 bridgehead atoms. The van der Waals surface area contributed by atoms with Crippen LogP contribution in [-0.4, -0.2) is 336 Å². The number of amides is 1. The quantitative estimate of drug-likeness (QED) is 0.0339. The summed E-state index contributed by atoms with van der Waals surface area (Å²) in [5.74, 6) is 0.109.